The fourth-order valence-electron chi connectivity index (χ4n) is 1.33. The van der Waals surface area contributed by atoms with Crippen LogP contribution in [0.1, 0.15) is 23.7 Å². The third-order valence-corrected chi connectivity index (χ3v) is 2.24. The van der Waals surface area contributed by atoms with E-state index in [1.165, 1.54) is 6.07 Å². The van der Waals surface area contributed by atoms with Gasteiger partial charge in [-0.05, 0) is 25.5 Å². The van der Waals surface area contributed by atoms with Crippen LogP contribution in [-0.4, -0.2) is 17.4 Å². The molecule has 0 heterocycles. The third-order valence-electron chi connectivity index (χ3n) is 2.24. The van der Waals surface area contributed by atoms with Crippen molar-refractivity contribution in [2.75, 3.05) is 6.54 Å². The predicted molar refractivity (Wildman–Crippen MR) is 64.8 cm³/mol. The van der Waals surface area contributed by atoms with Gasteiger partial charge in [0.2, 0.25) is 5.82 Å². The van der Waals surface area contributed by atoms with Gasteiger partial charge in [-0.3, -0.25) is 14.9 Å². The summed E-state index contributed by atoms with van der Waals surface area (Å²) in [5, 5.41) is 13.1. The maximum Gasteiger partial charge on any atom is 0.305 e. The molecule has 18 heavy (non-hydrogen) atoms. The number of carbonyl (C=O) groups excluding carboxylic acids is 1. The third kappa shape index (κ3) is 3.65. The summed E-state index contributed by atoms with van der Waals surface area (Å²) in [6.07, 6.45) is 4.41. The second-order valence-electron chi connectivity index (χ2n) is 3.54. The number of allylic oxidation sites excluding steroid dienone is 1. The Morgan fingerprint density at radius 1 is 1.56 bits per heavy atom. The molecule has 0 aliphatic rings. The molecule has 1 amide bonds. The van der Waals surface area contributed by atoms with Gasteiger partial charge < -0.3 is 5.32 Å². The minimum Gasteiger partial charge on any atom is -0.352 e. The Bertz CT molecular complexity index is 486. The first-order chi connectivity index (χ1) is 8.56. The van der Waals surface area contributed by atoms with E-state index in [1.54, 1.807) is 0 Å². The molecule has 0 saturated carbocycles. The second-order valence-corrected chi connectivity index (χ2v) is 3.54. The molecular weight excluding hydrogens is 239 g/mol. The lowest BCUT2D eigenvalue weighted by molar-refractivity contribution is -0.387. The molecular formula is C12H13FN2O3. The van der Waals surface area contributed by atoms with Gasteiger partial charge >= 0.3 is 5.69 Å². The maximum atomic E-state index is 13.1. The van der Waals surface area contributed by atoms with E-state index in [1.807, 2.05) is 19.1 Å². The zero-order valence-corrected chi connectivity index (χ0v) is 9.85. The van der Waals surface area contributed by atoms with Crippen LogP contribution in [0.2, 0.25) is 0 Å². The average Bonchev–Trinajstić information content (AvgIpc) is 2.34. The van der Waals surface area contributed by atoms with Gasteiger partial charge in [-0.2, -0.15) is 4.39 Å². The van der Waals surface area contributed by atoms with Crippen molar-refractivity contribution in [3.05, 3.63) is 51.8 Å². The lowest BCUT2D eigenvalue weighted by Crippen LogP contribution is -2.24. The summed E-state index contributed by atoms with van der Waals surface area (Å²) in [7, 11) is 0. The number of rotatable bonds is 5. The highest BCUT2D eigenvalue weighted by molar-refractivity contribution is 5.94. The second kappa shape index (κ2) is 6.48. The molecule has 6 heteroatoms. The molecule has 1 aromatic rings. The van der Waals surface area contributed by atoms with Gasteiger partial charge in [0.05, 0.1) is 4.92 Å². The Balaban J connectivity index is 2.74. The normalized spacial score (nSPS) is 10.6. The molecule has 1 rings (SSSR count). The highest BCUT2D eigenvalue weighted by atomic mass is 19.1. The molecule has 0 aliphatic carbocycles. The molecule has 0 radical (unpaired) electrons. The van der Waals surface area contributed by atoms with Crippen molar-refractivity contribution in [3.8, 4) is 0 Å². The van der Waals surface area contributed by atoms with E-state index in [-0.39, 0.29) is 5.56 Å². The Morgan fingerprint density at radius 3 is 2.89 bits per heavy atom. The lowest BCUT2D eigenvalue weighted by atomic mass is 10.2. The number of amides is 1. The minimum atomic E-state index is -0.953. The molecule has 0 spiro atoms. The Labute approximate surface area is 103 Å². The van der Waals surface area contributed by atoms with E-state index >= 15 is 0 Å². The number of carbonyl (C=O) groups is 1. The van der Waals surface area contributed by atoms with Crippen LogP contribution in [0.25, 0.3) is 0 Å². The highest BCUT2D eigenvalue weighted by Gasteiger charge is 2.16. The first kappa shape index (κ1) is 13.8. The van der Waals surface area contributed by atoms with Crippen LogP contribution >= 0.6 is 0 Å². The van der Waals surface area contributed by atoms with E-state index in [2.05, 4.69) is 5.32 Å². The summed E-state index contributed by atoms with van der Waals surface area (Å²) in [6.45, 7) is 2.29. The quantitative estimate of drug-likeness (QED) is 0.378. The fourth-order valence-corrected chi connectivity index (χ4v) is 1.33. The summed E-state index contributed by atoms with van der Waals surface area (Å²) in [5.74, 6) is -1.41. The zero-order chi connectivity index (χ0) is 13.5. The van der Waals surface area contributed by atoms with Crippen molar-refractivity contribution < 1.29 is 14.1 Å². The van der Waals surface area contributed by atoms with Crippen LogP contribution in [0.15, 0.2) is 30.4 Å². The van der Waals surface area contributed by atoms with Crippen LogP contribution < -0.4 is 5.32 Å². The molecule has 0 aromatic heterocycles. The zero-order valence-electron chi connectivity index (χ0n) is 9.85. The number of benzene rings is 1. The SMILES string of the molecule is C/C=C/CCNC(=O)c1ccc(F)c([N+](=O)[O-])c1. The van der Waals surface area contributed by atoms with Gasteiger partial charge in [0, 0.05) is 18.2 Å². The fraction of sp³-hybridized carbons (Fsp3) is 0.250. The highest BCUT2D eigenvalue weighted by Crippen LogP contribution is 2.18. The van der Waals surface area contributed by atoms with Crippen molar-refractivity contribution in [1.82, 2.24) is 5.32 Å². The number of nitrogens with one attached hydrogen (secondary N) is 1. The molecule has 0 saturated heterocycles. The lowest BCUT2D eigenvalue weighted by Gasteiger charge is -2.03. The van der Waals surface area contributed by atoms with Crippen molar-refractivity contribution in [1.29, 1.82) is 0 Å². The summed E-state index contributed by atoms with van der Waals surface area (Å²) in [6, 6.07) is 3.06. The van der Waals surface area contributed by atoms with E-state index in [9.17, 15) is 19.3 Å². The van der Waals surface area contributed by atoms with Crippen LogP contribution in [0.4, 0.5) is 10.1 Å². The number of hydrogen-bond acceptors (Lipinski definition) is 3. The van der Waals surface area contributed by atoms with Crippen LogP contribution in [0, 0.1) is 15.9 Å². The summed E-state index contributed by atoms with van der Waals surface area (Å²) in [5.41, 5.74) is -0.625. The van der Waals surface area contributed by atoms with Gasteiger partial charge in [0.1, 0.15) is 0 Å². The Kier molecular flexibility index (Phi) is 4.98. The maximum absolute atomic E-state index is 13.1. The molecule has 0 unspecified atom stereocenters. The standard InChI is InChI=1S/C12H13FN2O3/c1-2-3-4-7-14-12(16)9-5-6-10(13)11(8-9)15(17)18/h2-3,5-6,8H,4,7H2,1H3,(H,14,16)/b3-2+. The van der Waals surface area contributed by atoms with Crippen LogP contribution in [-0.2, 0) is 0 Å². The minimum absolute atomic E-state index is 0.0728. The van der Waals surface area contributed by atoms with E-state index in [4.69, 9.17) is 0 Å². The van der Waals surface area contributed by atoms with Crippen molar-refractivity contribution in [2.24, 2.45) is 0 Å². The summed E-state index contributed by atoms with van der Waals surface area (Å²) in [4.78, 5) is 21.3. The monoisotopic (exact) mass is 252 g/mol. The van der Waals surface area contributed by atoms with E-state index in [0.29, 0.717) is 13.0 Å². The largest absolute Gasteiger partial charge is 0.352 e. The number of nitrogens with zero attached hydrogens (tertiary/aromatic N) is 1. The summed E-state index contributed by atoms with van der Waals surface area (Å²) < 4.78 is 13.1. The molecule has 96 valence electrons. The van der Waals surface area contributed by atoms with Crippen LogP contribution in [0.5, 0.6) is 0 Å². The van der Waals surface area contributed by atoms with Gasteiger partial charge in [-0.1, -0.05) is 12.2 Å². The van der Waals surface area contributed by atoms with Crippen molar-refractivity contribution in [3.63, 3.8) is 0 Å². The smallest absolute Gasteiger partial charge is 0.305 e. The Hall–Kier alpha value is -2.24. The number of halogens is 1. The van der Waals surface area contributed by atoms with Gasteiger partial charge in [0.25, 0.3) is 5.91 Å². The van der Waals surface area contributed by atoms with E-state index < -0.39 is 22.3 Å². The number of nitro groups is 1. The number of hydrogen-bond donors (Lipinski definition) is 1. The number of nitro benzene ring substituents is 1. The molecule has 1 N–H and O–H groups in total. The molecule has 5 nitrogen and oxygen atoms in total. The topological polar surface area (TPSA) is 72.2 Å². The van der Waals surface area contributed by atoms with E-state index in [0.717, 1.165) is 12.1 Å². The van der Waals surface area contributed by atoms with Crippen molar-refractivity contribution in [2.45, 2.75) is 13.3 Å². The predicted octanol–water partition coefficient (Wildman–Crippen LogP) is 2.43. The first-order valence-corrected chi connectivity index (χ1v) is 5.39. The molecule has 0 fully saturated rings. The van der Waals surface area contributed by atoms with Gasteiger partial charge in [-0.15, -0.1) is 0 Å². The Morgan fingerprint density at radius 2 is 2.28 bits per heavy atom. The molecule has 1 aromatic carbocycles. The molecule has 0 atom stereocenters. The van der Waals surface area contributed by atoms with Gasteiger partial charge in [-0.25, -0.2) is 0 Å². The average molecular weight is 252 g/mol. The van der Waals surface area contributed by atoms with Crippen molar-refractivity contribution >= 4 is 11.6 Å². The van der Waals surface area contributed by atoms with Gasteiger partial charge in [0.15, 0.2) is 0 Å². The van der Waals surface area contributed by atoms with Crippen LogP contribution in [0.3, 0.4) is 0 Å². The summed E-state index contributed by atoms with van der Waals surface area (Å²) >= 11 is 0. The first-order valence-electron chi connectivity index (χ1n) is 5.39. The molecule has 0 bridgehead atoms. The molecule has 0 aliphatic heterocycles.